The molecule has 0 aromatic heterocycles. The normalized spacial score (nSPS) is 18.0. The lowest BCUT2D eigenvalue weighted by molar-refractivity contribution is -0.148. The van der Waals surface area contributed by atoms with Gasteiger partial charge in [-0.3, -0.25) is 24.5 Å². The molecule has 0 bridgehead atoms. The van der Waals surface area contributed by atoms with E-state index in [4.69, 9.17) is 9.47 Å². The Kier molecular flexibility index (Phi) is 6.40. The lowest BCUT2D eigenvalue weighted by Gasteiger charge is -2.30. The Morgan fingerprint density at radius 1 is 1.11 bits per heavy atom. The fourth-order valence-electron chi connectivity index (χ4n) is 3.03. The number of esters is 3. The van der Waals surface area contributed by atoms with Crippen LogP contribution >= 0.6 is 0 Å². The largest absolute Gasteiger partial charge is 0.468 e. The van der Waals surface area contributed by atoms with E-state index in [1.165, 1.54) is 31.9 Å². The summed E-state index contributed by atoms with van der Waals surface area (Å²) in [4.78, 5) is 48.3. The number of benzene rings is 1. The second-order valence-electron chi connectivity index (χ2n) is 6.93. The number of hydrogen-bond acceptors (Lipinski definition) is 8. The first-order valence-corrected chi connectivity index (χ1v) is 8.69. The van der Waals surface area contributed by atoms with Crippen molar-refractivity contribution in [3.05, 3.63) is 23.8 Å². The highest BCUT2D eigenvalue weighted by Gasteiger charge is 2.45. The van der Waals surface area contributed by atoms with Gasteiger partial charge in [0.2, 0.25) is 5.91 Å². The lowest BCUT2D eigenvalue weighted by atomic mass is 10.1. The van der Waals surface area contributed by atoms with Gasteiger partial charge in [0.25, 0.3) is 0 Å². The third-order valence-electron chi connectivity index (χ3n) is 4.24. The quantitative estimate of drug-likeness (QED) is 0.559. The van der Waals surface area contributed by atoms with Gasteiger partial charge in [0, 0.05) is 13.8 Å². The smallest absolute Gasteiger partial charge is 0.325 e. The maximum absolute atomic E-state index is 12.8. The lowest BCUT2D eigenvalue weighted by Crippen LogP contribution is -2.49. The number of hydrogen-bond donors (Lipinski definition) is 1. The zero-order chi connectivity index (χ0) is 21.1. The molecule has 1 aromatic rings. The minimum absolute atomic E-state index is 0.0938. The third kappa shape index (κ3) is 5.07. The second-order valence-corrected chi connectivity index (χ2v) is 6.93. The molecule has 0 unspecified atom stereocenters. The van der Waals surface area contributed by atoms with Crippen LogP contribution < -0.4 is 14.8 Å². The van der Waals surface area contributed by atoms with Crippen molar-refractivity contribution in [3.63, 3.8) is 0 Å². The topological polar surface area (TPSA) is 111 Å². The Hall–Kier alpha value is -2.94. The Labute approximate surface area is 162 Å². The maximum atomic E-state index is 12.8. The molecule has 1 aliphatic heterocycles. The molecule has 9 heteroatoms. The van der Waals surface area contributed by atoms with Gasteiger partial charge >= 0.3 is 17.9 Å². The van der Waals surface area contributed by atoms with E-state index in [0.29, 0.717) is 5.56 Å². The fourth-order valence-corrected chi connectivity index (χ4v) is 3.03. The average molecular weight is 392 g/mol. The molecule has 1 heterocycles. The molecule has 0 radical (unpaired) electrons. The summed E-state index contributed by atoms with van der Waals surface area (Å²) in [7, 11) is 1.27. The highest BCUT2D eigenvalue weighted by atomic mass is 16.6. The number of amides is 1. The number of carbonyl (C=O) groups is 4. The molecule has 9 nitrogen and oxygen atoms in total. The van der Waals surface area contributed by atoms with Crippen molar-refractivity contribution in [1.29, 1.82) is 0 Å². The highest BCUT2D eigenvalue weighted by molar-refractivity contribution is 5.88. The third-order valence-corrected chi connectivity index (χ3v) is 4.24. The molecule has 1 fully saturated rings. The van der Waals surface area contributed by atoms with Gasteiger partial charge < -0.3 is 19.1 Å². The van der Waals surface area contributed by atoms with Crippen LogP contribution in [0.4, 0.5) is 0 Å². The van der Waals surface area contributed by atoms with Crippen LogP contribution in [0.3, 0.4) is 0 Å². The number of nitrogens with one attached hydrogen (secondary N) is 1. The van der Waals surface area contributed by atoms with E-state index in [1.54, 1.807) is 26.0 Å². The van der Waals surface area contributed by atoms with Crippen molar-refractivity contribution in [2.24, 2.45) is 0 Å². The molecule has 0 aliphatic carbocycles. The van der Waals surface area contributed by atoms with Crippen LogP contribution in [0.25, 0.3) is 0 Å². The van der Waals surface area contributed by atoms with E-state index in [1.807, 2.05) is 0 Å². The summed E-state index contributed by atoms with van der Waals surface area (Å²) in [5.74, 6) is -1.65. The first-order valence-electron chi connectivity index (χ1n) is 8.69. The van der Waals surface area contributed by atoms with E-state index in [0.717, 1.165) is 0 Å². The van der Waals surface area contributed by atoms with Crippen molar-refractivity contribution in [1.82, 2.24) is 10.2 Å². The minimum atomic E-state index is -0.730. The minimum Gasteiger partial charge on any atom is -0.468 e. The SMILES string of the molecule is COC(=O)CN1C(=O)[C@H](Cc2ccc(OC(C)=O)c(OC(C)=O)c2)NC1(C)C. The molecule has 152 valence electrons. The van der Waals surface area contributed by atoms with Crippen LogP contribution in [-0.2, 0) is 30.3 Å². The van der Waals surface area contributed by atoms with Crippen molar-refractivity contribution < 1.29 is 33.4 Å². The molecule has 1 N–H and O–H groups in total. The molecular formula is C19H24N2O7. The Bertz CT molecular complexity index is 803. The second kappa shape index (κ2) is 8.39. The predicted molar refractivity (Wildman–Crippen MR) is 97.5 cm³/mol. The van der Waals surface area contributed by atoms with Crippen LogP contribution in [0.15, 0.2) is 18.2 Å². The Morgan fingerprint density at radius 2 is 1.71 bits per heavy atom. The van der Waals surface area contributed by atoms with Gasteiger partial charge in [-0.2, -0.15) is 0 Å². The van der Waals surface area contributed by atoms with Gasteiger partial charge in [-0.25, -0.2) is 0 Å². The number of ether oxygens (including phenoxy) is 3. The molecule has 1 aliphatic rings. The van der Waals surface area contributed by atoms with Crippen molar-refractivity contribution >= 4 is 23.8 Å². The summed E-state index contributed by atoms with van der Waals surface area (Å²) in [5.41, 5.74) is -0.0412. The van der Waals surface area contributed by atoms with Gasteiger partial charge in [-0.05, 0) is 38.0 Å². The van der Waals surface area contributed by atoms with E-state index in [2.05, 4.69) is 10.1 Å². The summed E-state index contributed by atoms with van der Waals surface area (Å²) in [6.07, 6.45) is 0.286. The summed E-state index contributed by atoms with van der Waals surface area (Å²) in [5, 5.41) is 3.19. The van der Waals surface area contributed by atoms with Gasteiger partial charge in [0.05, 0.1) is 18.8 Å². The molecule has 1 atom stereocenters. The first kappa shape index (κ1) is 21.4. The molecule has 1 aromatic carbocycles. The molecule has 0 spiro atoms. The van der Waals surface area contributed by atoms with Gasteiger partial charge in [-0.15, -0.1) is 0 Å². The van der Waals surface area contributed by atoms with Crippen LogP contribution in [0, 0.1) is 0 Å². The molecular weight excluding hydrogens is 368 g/mol. The number of nitrogens with zero attached hydrogens (tertiary/aromatic N) is 1. The van der Waals surface area contributed by atoms with Crippen LogP contribution in [-0.4, -0.2) is 54.1 Å². The number of rotatable bonds is 6. The highest BCUT2D eigenvalue weighted by Crippen LogP contribution is 2.30. The van der Waals surface area contributed by atoms with Gasteiger partial charge in [0.15, 0.2) is 11.5 Å². The Balaban J connectivity index is 2.22. The summed E-state index contributed by atoms with van der Waals surface area (Å²) in [6, 6.07) is 4.15. The van der Waals surface area contributed by atoms with E-state index in [-0.39, 0.29) is 30.4 Å². The zero-order valence-corrected chi connectivity index (χ0v) is 16.5. The van der Waals surface area contributed by atoms with Crippen molar-refractivity contribution in [3.8, 4) is 11.5 Å². The first-order chi connectivity index (χ1) is 13.0. The summed E-state index contributed by atoms with van der Waals surface area (Å²) < 4.78 is 14.8. The van der Waals surface area contributed by atoms with Gasteiger partial charge in [-0.1, -0.05) is 6.07 Å². The maximum Gasteiger partial charge on any atom is 0.325 e. The average Bonchev–Trinajstić information content (AvgIpc) is 2.79. The van der Waals surface area contributed by atoms with E-state index in [9.17, 15) is 19.2 Å². The van der Waals surface area contributed by atoms with Crippen LogP contribution in [0.5, 0.6) is 11.5 Å². The molecule has 0 saturated carbocycles. The monoisotopic (exact) mass is 392 g/mol. The van der Waals surface area contributed by atoms with E-state index >= 15 is 0 Å². The number of methoxy groups -OCH3 is 1. The molecule has 1 amide bonds. The fraction of sp³-hybridized carbons (Fsp3) is 0.474. The molecule has 1 saturated heterocycles. The van der Waals surface area contributed by atoms with E-state index < -0.39 is 29.6 Å². The van der Waals surface area contributed by atoms with Crippen molar-refractivity contribution in [2.75, 3.05) is 13.7 Å². The summed E-state index contributed by atoms with van der Waals surface area (Å²) >= 11 is 0. The van der Waals surface area contributed by atoms with Crippen LogP contribution in [0.2, 0.25) is 0 Å². The molecule has 28 heavy (non-hydrogen) atoms. The summed E-state index contributed by atoms with van der Waals surface area (Å²) in [6.45, 7) is 5.91. The standard InChI is InChI=1S/C19H24N2O7/c1-11(22)27-15-7-6-13(9-16(15)28-12(2)23)8-14-18(25)21(10-17(24)26-5)19(3,4)20-14/h6-7,9,14,20H,8,10H2,1-5H3/t14-/m0/s1. The van der Waals surface area contributed by atoms with Crippen LogP contribution in [0.1, 0.15) is 33.3 Å². The number of carbonyl (C=O) groups excluding carboxylic acids is 4. The van der Waals surface area contributed by atoms with Crippen molar-refractivity contribution in [2.45, 2.75) is 45.8 Å². The Morgan fingerprint density at radius 3 is 2.29 bits per heavy atom. The zero-order valence-electron chi connectivity index (χ0n) is 16.5. The predicted octanol–water partition coefficient (Wildman–Crippen LogP) is 0.789. The molecule has 2 rings (SSSR count). The van der Waals surface area contributed by atoms with Gasteiger partial charge in [0.1, 0.15) is 6.54 Å².